The molecule has 2 aromatic carbocycles. The molecule has 3 aromatic rings. The number of esters is 1. The van der Waals surface area contributed by atoms with Gasteiger partial charge in [-0.1, -0.05) is 18.2 Å². The van der Waals surface area contributed by atoms with E-state index in [1.807, 2.05) is 12.1 Å². The fraction of sp³-hybridized carbons (Fsp3) is 0.158. The number of hydrogen-bond acceptors (Lipinski definition) is 4. The number of halogens is 1. The summed E-state index contributed by atoms with van der Waals surface area (Å²) in [4.78, 5) is 24.4. The average molecular weight is 341 g/mol. The summed E-state index contributed by atoms with van der Waals surface area (Å²) < 4.78 is 23.6. The molecule has 0 saturated heterocycles. The van der Waals surface area contributed by atoms with Gasteiger partial charge >= 0.3 is 5.97 Å². The number of nitrogens with one attached hydrogen (secondary N) is 1. The number of hydrogen-bond donors (Lipinski definition) is 1. The molecule has 0 fully saturated rings. The van der Waals surface area contributed by atoms with Crippen molar-refractivity contribution < 1.29 is 23.1 Å². The number of benzene rings is 2. The highest BCUT2D eigenvalue weighted by Crippen LogP contribution is 2.25. The van der Waals surface area contributed by atoms with Crippen LogP contribution in [0.5, 0.6) is 0 Å². The van der Waals surface area contributed by atoms with E-state index in [-0.39, 0.29) is 5.76 Å². The summed E-state index contributed by atoms with van der Waals surface area (Å²) in [6.07, 6.45) is -1.04. The second kappa shape index (κ2) is 6.76. The average Bonchev–Trinajstić information content (AvgIpc) is 2.94. The highest BCUT2D eigenvalue weighted by molar-refractivity contribution is 5.99. The first-order valence-corrected chi connectivity index (χ1v) is 7.71. The number of ether oxygens (including phenoxy) is 1. The molecule has 1 N–H and O–H groups in total. The highest BCUT2D eigenvalue weighted by atomic mass is 19.1. The van der Waals surface area contributed by atoms with Gasteiger partial charge in [0.05, 0.1) is 0 Å². The number of carbonyl (C=O) groups is 2. The first-order chi connectivity index (χ1) is 12.0. The van der Waals surface area contributed by atoms with Crippen molar-refractivity contribution in [1.82, 2.24) is 0 Å². The Hall–Kier alpha value is -3.15. The van der Waals surface area contributed by atoms with E-state index in [0.29, 0.717) is 16.8 Å². The Bertz CT molecular complexity index is 930. The van der Waals surface area contributed by atoms with Crippen molar-refractivity contribution in [2.75, 3.05) is 5.32 Å². The lowest BCUT2D eigenvalue weighted by Crippen LogP contribution is -2.30. The van der Waals surface area contributed by atoms with E-state index in [0.717, 1.165) is 5.39 Å². The Morgan fingerprint density at radius 3 is 2.48 bits per heavy atom. The molecule has 0 aliphatic carbocycles. The number of furan rings is 1. The largest absolute Gasteiger partial charge is 0.449 e. The number of fused-ring (bicyclic) bond motifs is 1. The maximum atomic E-state index is 12.9. The van der Waals surface area contributed by atoms with Gasteiger partial charge in [-0.05, 0) is 44.2 Å². The maximum absolute atomic E-state index is 12.9. The van der Waals surface area contributed by atoms with Gasteiger partial charge in [0.15, 0.2) is 6.10 Å². The molecule has 0 aliphatic heterocycles. The van der Waals surface area contributed by atoms with Crippen molar-refractivity contribution in [2.24, 2.45) is 0 Å². The zero-order chi connectivity index (χ0) is 18.0. The number of para-hydroxylation sites is 1. The Morgan fingerprint density at radius 2 is 1.80 bits per heavy atom. The highest BCUT2D eigenvalue weighted by Gasteiger charge is 2.24. The SMILES string of the molecule is Cc1c(C(=O)O[C@@H](C)C(=O)Nc2ccc(F)cc2)oc2ccccc12. The molecule has 0 radical (unpaired) electrons. The van der Waals surface area contributed by atoms with Crippen molar-refractivity contribution in [3.05, 3.63) is 65.7 Å². The summed E-state index contributed by atoms with van der Waals surface area (Å²) >= 11 is 0. The van der Waals surface area contributed by atoms with Gasteiger partial charge in [0.2, 0.25) is 5.76 Å². The minimum absolute atomic E-state index is 0.0719. The van der Waals surface area contributed by atoms with Crippen LogP contribution in [0, 0.1) is 12.7 Å². The molecular weight excluding hydrogens is 325 g/mol. The maximum Gasteiger partial charge on any atom is 0.375 e. The summed E-state index contributed by atoms with van der Waals surface area (Å²) in [5.74, 6) is -1.57. The molecule has 0 unspecified atom stereocenters. The third kappa shape index (κ3) is 3.52. The van der Waals surface area contributed by atoms with E-state index in [2.05, 4.69) is 5.32 Å². The van der Waals surface area contributed by atoms with Gasteiger partial charge in [0.1, 0.15) is 11.4 Å². The lowest BCUT2D eigenvalue weighted by molar-refractivity contribution is -0.123. The second-order valence-electron chi connectivity index (χ2n) is 5.60. The van der Waals surface area contributed by atoms with E-state index in [1.54, 1.807) is 19.1 Å². The van der Waals surface area contributed by atoms with Crippen LogP contribution in [0.25, 0.3) is 11.0 Å². The third-order valence-electron chi connectivity index (χ3n) is 3.79. The van der Waals surface area contributed by atoms with E-state index >= 15 is 0 Å². The van der Waals surface area contributed by atoms with Crippen LogP contribution in [0.1, 0.15) is 23.0 Å². The smallest absolute Gasteiger partial charge is 0.375 e. The summed E-state index contributed by atoms with van der Waals surface area (Å²) in [6, 6.07) is 12.5. The van der Waals surface area contributed by atoms with Crippen molar-refractivity contribution in [2.45, 2.75) is 20.0 Å². The second-order valence-corrected chi connectivity index (χ2v) is 5.60. The van der Waals surface area contributed by atoms with Crippen LogP contribution in [0.4, 0.5) is 10.1 Å². The fourth-order valence-electron chi connectivity index (χ4n) is 2.41. The number of rotatable bonds is 4. The summed E-state index contributed by atoms with van der Waals surface area (Å²) in [5, 5.41) is 3.37. The van der Waals surface area contributed by atoms with E-state index in [1.165, 1.54) is 31.2 Å². The third-order valence-corrected chi connectivity index (χ3v) is 3.79. The minimum atomic E-state index is -1.04. The van der Waals surface area contributed by atoms with Crippen LogP contribution in [0.2, 0.25) is 0 Å². The predicted molar refractivity (Wildman–Crippen MR) is 90.9 cm³/mol. The van der Waals surface area contributed by atoms with Crippen molar-refractivity contribution in [1.29, 1.82) is 0 Å². The number of amides is 1. The first-order valence-electron chi connectivity index (χ1n) is 7.71. The minimum Gasteiger partial charge on any atom is -0.449 e. The number of carbonyl (C=O) groups excluding carboxylic acids is 2. The predicted octanol–water partition coefficient (Wildman–Crippen LogP) is 4.06. The summed E-state index contributed by atoms with van der Waals surface area (Å²) in [6.45, 7) is 3.21. The molecule has 128 valence electrons. The quantitative estimate of drug-likeness (QED) is 0.727. The van der Waals surface area contributed by atoms with E-state index in [4.69, 9.17) is 9.15 Å². The van der Waals surface area contributed by atoms with Gasteiger partial charge in [-0.2, -0.15) is 0 Å². The fourth-order valence-corrected chi connectivity index (χ4v) is 2.41. The molecule has 1 amide bonds. The summed E-state index contributed by atoms with van der Waals surface area (Å²) in [7, 11) is 0. The molecule has 6 heteroatoms. The van der Waals surface area contributed by atoms with Crippen LogP contribution in [-0.2, 0) is 9.53 Å². The zero-order valence-electron chi connectivity index (χ0n) is 13.7. The molecule has 0 bridgehead atoms. The van der Waals surface area contributed by atoms with Crippen LogP contribution in [0.3, 0.4) is 0 Å². The van der Waals surface area contributed by atoms with Crippen molar-refractivity contribution in [3.63, 3.8) is 0 Å². The first kappa shape index (κ1) is 16.7. The lowest BCUT2D eigenvalue weighted by Gasteiger charge is -2.13. The molecule has 0 aliphatic rings. The summed E-state index contributed by atoms with van der Waals surface area (Å²) in [5.41, 5.74) is 1.65. The van der Waals surface area contributed by atoms with Gasteiger partial charge in [-0.25, -0.2) is 9.18 Å². The molecule has 5 nitrogen and oxygen atoms in total. The van der Waals surface area contributed by atoms with Crippen molar-refractivity contribution in [3.8, 4) is 0 Å². The Labute approximate surface area is 143 Å². The van der Waals surface area contributed by atoms with Crippen LogP contribution < -0.4 is 5.32 Å². The molecule has 0 spiro atoms. The van der Waals surface area contributed by atoms with Crippen LogP contribution in [0.15, 0.2) is 52.9 Å². The van der Waals surface area contributed by atoms with Gasteiger partial charge in [0.25, 0.3) is 5.91 Å². The van der Waals surface area contributed by atoms with E-state index < -0.39 is 23.8 Å². The topological polar surface area (TPSA) is 68.5 Å². The molecule has 1 aromatic heterocycles. The Kier molecular flexibility index (Phi) is 4.52. The molecule has 3 rings (SSSR count). The lowest BCUT2D eigenvalue weighted by atomic mass is 10.1. The van der Waals surface area contributed by atoms with Crippen LogP contribution >= 0.6 is 0 Å². The molecule has 1 heterocycles. The number of aryl methyl sites for hydroxylation is 1. The zero-order valence-corrected chi connectivity index (χ0v) is 13.7. The van der Waals surface area contributed by atoms with Gasteiger partial charge in [-0.3, -0.25) is 4.79 Å². The van der Waals surface area contributed by atoms with Gasteiger partial charge in [-0.15, -0.1) is 0 Å². The Morgan fingerprint density at radius 1 is 1.12 bits per heavy atom. The van der Waals surface area contributed by atoms with E-state index in [9.17, 15) is 14.0 Å². The molecular formula is C19H16FNO4. The molecule has 25 heavy (non-hydrogen) atoms. The molecule has 1 atom stereocenters. The monoisotopic (exact) mass is 341 g/mol. The normalized spacial score (nSPS) is 12.0. The van der Waals surface area contributed by atoms with Gasteiger partial charge in [0, 0.05) is 16.6 Å². The Balaban J connectivity index is 1.69. The number of anilines is 1. The van der Waals surface area contributed by atoms with Crippen molar-refractivity contribution >= 4 is 28.5 Å². The molecule has 0 saturated carbocycles. The standard InChI is InChI=1S/C19H16FNO4/c1-11-15-5-3-4-6-16(15)25-17(11)19(23)24-12(2)18(22)21-14-9-7-13(20)8-10-14/h3-10,12H,1-2H3,(H,21,22)/t12-/m0/s1. The van der Waals surface area contributed by atoms with Crippen LogP contribution in [-0.4, -0.2) is 18.0 Å². The van der Waals surface area contributed by atoms with Gasteiger partial charge < -0.3 is 14.5 Å².